The zero-order chi connectivity index (χ0) is 21.4. The van der Waals surface area contributed by atoms with Gasteiger partial charge < -0.3 is 15.4 Å². The molecule has 0 aliphatic rings. The standard InChI is InChI=1S/C20H22ClN3O5/c1-3-13(2)23-19(25)12-29-20(26)16-10-15(24(27)28)8-9-18(16)22-11-14-6-4-5-7-17(14)21/h4-10,13,22H,3,11-12H2,1-2H3,(H,23,25)/t13-/m1/s1. The maximum Gasteiger partial charge on any atom is 0.341 e. The highest BCUT2D eigenvalue weighted by molar-refractivity contribution is 6.31. The number of carbonyl (C=O) groups excluding carboxylic acids is 2. The number of halogens is 1. The Balaban J connectivity index is 2.15. The highest BCUT2D eigenvalue weighted by Gasteiger charge is 2.19. The summed E-state index contributed by atoms with van der Waals surface area (Å²) in [5.41, 5.74) is 0.828. The zero-order valence-corrected chi connectivity index (χ0v) is 16.9. The second kappa shape index (κ2) is 10.4. The van der Waals surface area contributed by atoms with Crippen LogP contribution in [-0.4, -0.2) is 29.4 Å². The number of nitrogens with zero attached hydrogens (tertiary/aromatic N) is 1. The maximum absolute atomic E-state index is 12.5. The first-order chi connectivity index (χ1) is 13.8. The summed E-state index contributed by atoms with van der Waals surface area (Å²) in [7, 11) is 0. The SMILES string of the molecule is CC[C@@H](C)NC(=O)COC(=O)c1cc([N+](=O)[O-])ccc1NCc1ccccc1Cl. The average molecular weight is 420 g/mol. The predicted octanol–water partition coefficient (Wildman–Crippen LogP) is 3.93. The molecule has 2 rings (SSSR count). The Morgan fingerprint density at radius 3 is 2.62 bits per heavy atom. The summed E-state index contributed by atoms with van der Waals surface area (Å²) in [5.74, 6) is -1.28. The first kappa shape index (κ1) is 22.2. The lowest BCUT2D eigenvalue weighted by molar-refractivity contribution is -0.384. The van der Waals surface area contributed by atoms with Crippen molar-refractivity contribution in [3.8, 4) is 0 Å². The van der Waals surface area contributed by atoms with Crippen molar-refractivity contribution in [1.82, 2.24) is 5.32 Å². The van der Waals surface area contributed by atoms with Gasteiger partial charge in [0.05, 0.1) is 10.5 Å². The molecule has 0 saturated heterocycles. The number of esters is 1. The summed E-state index contributed by atoms with van der Waals surface area (Å²) in [5, 5.41) is 17.3. The number of carbonyl (C=O) groups is 2. The minimum atomic E-state index is -0.838. The van der Waals surface area contributed by atoms with E-state index in [0.717, 1.165) is 18.1 Å². The quantitative estimate of drug-likeness (QED) is 0.362. The number of non-ortho nitro benzene ring substituents is 1. The molecule has 1 amide bonds. The van der Waals surface area contributed by atoms with Crippen molar-refractivity contribution in [1.29, 1.82) is 0 Å². The maximum atomic E-state index is 12.5. The Kier molecular flexibility index (Phi) is 7.97. The molecule has 9 heteroatoms. The summed E-state index contributed by atoms with van der Waals surface area (Å²) >= 11 is 6.13. The molecule has 1 atom stereocenters. The van der Waals surface area contributed by atoms with E-state index in [9.17, 15) is 19.7 Å². The van der Waals surface area contributed by atoms with Crippen molar-refractivity contribution in [3.63, 3.8) is 0 Å². The van der Waals surface area contributed by atoms with Gasteiger partial charge in [-0.1, -0.05) is 36.7 Å². The third-order valence-electron chi connectivity index (χ3n) is 4.22. The number of nitro benzene ring substituents is 1. The summed E-state index contributed by atoms with van der Waals surface area (Å²) in [6, 6.07) is 10.9. The third-order valence-corrected chi connectivity index (χ3v) is 4.58. The smallest absolute Gasteiger partial charge is 0.341 e. The van der Waals surface area contributed by atoms with Gasteiger partial charge in [0.25, 0.3) is 11.6 Å². The Bertz CT molecular complexity index is 903. The Morgan fingerprint density at radius 1 is 1.24 bits per heavy atom. The molecule has 0 aromatic heterocycles. The number of rotatable bonds is 9. The lowest BCUT2D eigenvalue weighted by Crippen LogP contribution is -2.35. The van der Waals surface area contributed by atoms with Gasteiger partial charge in [-0.25, -0.2) is 4.79 Å². The Morgan fingerprint density at radius 2 is 1.97 bits per heavy atom. The van der Waals surface area contributed by atoms with E-state index >= 15 is 0 Å². The van der Waals surface area contributed by atoms with Gasteiger partial charge in [0, 0.05) is 35.4 Å². The number of hydrogen-bond acceptors (Lipinski definition) is 6. The molecule has 2 aromatic rings. The van der Waals surface area contributed by atoms with Crippen molar-refractivity contribution in [2.45, 2.75) is 32.9 Å². The second-order valence-corrected chi connectivity index (χ2v) is 6.79. The molecule has 2 aromatic carbocycles. The minimum Gasteiger partial charge on any atom is -0.452 e. The van der Waals surface area contributed by atoms with Crippen molar-refractivity contribution < 1.29 is 19.2 Å². The van der Waals surface area contributed by atoms with Crippen molar-refractivity contribution in [2.24, 2.45) is 0 Å². The van der Waals surface area contributed by atoms with E-state index in [0.29, 0.717) is 17.3 Å². The molecule has 0 heterocycles. The molecule has 29 heavy (non-hydrogen) atoms. The summed E-state index contributed by atoms with van der Waals surface area (Å²) < 4.78 is 5.05. The number of anilines is 1. The summed E-state index contributed by atoms with van der Waals surface area (Å²) in [6.07, 6.45) is 0.737. The van der Waals surface area contributed by atoms with Crippen LogP contribution in [0.3, 0.4) is 0 Å². The number of amides is 1. The molecule has 0 unspecified atom stereocenters. The molecular weight excluding hydrogens is 398 g/mol. The fraction of sp³-hybridized carbons (Fsp3) is 0.300. The number of ether oxygens (including phenoxy) is 1. The highest BCUT2D eigenvalue weighted by Crippen LogP contribution is 2.25. The molecule has 0 aliphatic heterocycles. The monoisotopic (exact) mass is 419 g/mol. The number of nitrogens with one attached hydrogen (secondary N) is 2. The summed E-state index contributed by atoms with van der Waals surface area (Å²) in [4.78, 5) is 34.8. The van der Waals surface area contributed by atoms with Gasteiger partial charge >= 0.3 is 5.97 Å². The lowest BCUT2D eigenvalue weighted by atomic mass is 10.1. The van der Waals surface area contributed by atoms with E-state index in [1.165, 1.54) is 12.1 Å². The first-order valence-electron chi connectivity index (χ1n) is 9.04. The van der Waals surface area contributed by atoms with Crippen LogP contribution < -0.4 is 10.6 Å². The molecule has 154 valence electrons. The van der Waals surface area contributed by atoms with Crippen LogP contribution in [0.5, 0.6) is 0 Å². The Labute approximate surface area is 173 Å². The van der Waals surface area contributed by atoms with E-state index in [-0.39, 0.29) is 17.3 Å². The average Bonchev–Trinajstić information content (AvgIpc) is 2.71. The van der Waals surface area contributed by atoms with Crippen LogP contribution in [0.1, 0.15) is 36.2 Å². The van der Waals surface area contributed by atoms with Gasteiger partial charge in [-0.2, -0.15) is 0 Å². The number of hydrogen-bond donors (Lipinski definition) is 2. The van der Waals surface area contributed by atoms with Crippen LogP contribution in [0, 0.1) is 10.1 Å². The largest absolute Gasteiger partial charge is 0.452 e. The molecule has 0 bridgehead atoms. The topological polar surface area (TPSA) is 111 Å². The van der Waals surface area contributed by atoms with Gasteiger partial charge in [0.2, 0.25) is 0 Å². The van der Waals surface area contributed by atoms with Crippen LogP contribution in [0.15, 0.2) is 42.5 Å². The molecule has 8 nitrogen and oxygen atoms in total. The molecule has 0 spiro atoms. The minimum absolute atomic E-state index is 0.0393. The van der Waals surface area contributed by atoms with Crippen molar-refractivity contribution in [2.75, 3.05) is 11.9 Å². The van der Waals surface area contributed by atoms with E-state index < -0.39 is 23.4 Å². The molecule has 0 saturated carbocycles. The van der Waals surface area contributed by atoms with Crippen LogP contribution in [0.25, 0.3) is 0 Å². The van der Waals surface area contributed by atoms with Gasteiger partial charge in [0.15, 0.2) is 6.61 Å². The molecule has 2 N–H and O–H groups in total. The van der Waals surface area contributed by atoms with Crippen molar-refractivity contribution >= 4 is 34.9 Å². The van der Waals surface area contributed by atoms with E-state index in [4.69, 9.17) is 16.3 Å². The number of nitro groups is 1. The normalized spacial score (nSPS) is 11.4. The summed E-state index contributed by atoms with van der Waals surface area (Å²) in [6.45, 7) is 3.57. The second-order valence-electron chi connectivity index (χ2n) is 6.38. The lowest BCUT2D eigenvalue weighted by Gasteiger charge is -2.14. The molecule has 0 radical (unpaired) electrons. The van der Waals surface area contributed by atoms with Gasteiger partial charge in [-0.3, -0.25) is 14.9 Å². The molecule has 0 aliphatic carbocycles. The molecule has 0 fully saturated rings. The van der Waals surface area contributed by atoms with Crippen LogP contribution >= 0.6 is 11.6 Å². The van der Waals surface area contributed by atoms with Crippen LogP contribution in [0.4, 0.5) is 11.4 Å². The van der Waals surface area contributed by atoms with Crippen molar-refractivity contribution in [3.05, 3.63) is 68.7 Å². The fourth-order valence-electron chi connectivity index (χ4n) is 2.43. The van der Waals surface area contributed by atoms with E-state index in [1.807, 2.05) is 26.0 Å². The van der Waals surface area contributed by atoms with Gasteiger partial charge in [-0.05, 0) is 31.0 Å². The van der Waals surface area contributed by atoms with E-state index in [1.54, 1.807) is 12.1 Å². The molecular formula is C20H22ClN3O5. The van der Waals surface area contributed by atoms with Crippen LogP contribution in [0.2, 0.25) is 5.02 Å². The Hall–Kier alpha value is -3.13. The van der Waals surface area contributed by atoms with Gasteiger partial charge in [0.1, 0.15) is 0 Å². The zero-order valence-electron chi connectivity index (χ0n) is 16.1. The fourth-order valence-corrected chi connectivity index (χ4v) is 2.63. The first-order valence-corrected chi connectivity index (χ1v) is 9.41. The van der Waals surface area contributed by atoms with E-state index in [2.05, 4.69) is 10.6 Å². The highest BCUT2D eigenvalue weighted by atomic mass is 35.5. The van der Waals surface area contributed by atoms with Gasteiger partial charge in [-0.15, -0.1) is 0 Å². The predicted molar refractivity (Wildman–Crippen MR) is 110 cm³/mol. The van der Waals surface area contributed by atoms with Crippen LogP contribution in [-0.2, 0) is 16.1 Å². The number of benzene rings is 2. The third kappa shape index (κ3) is 6.46.